The first-order valence-electron chi connectivity index (χ1n) is 17.5. The van der Waals surface area contributed by atoms with Crippen molar-refractivity contribution in [3.63, 3.8) is 0 Å². The molecule has 0 unspecified atom stereocenters. The van der Waals surface area contributed by atoms with Crippen molar-refractivity contribution in [2.45, 2.75) is 0 Å². The second-order valence-corrected chi connectivity index (χ2v) is 14.3. The van der Waals surface area contributed by atoms with Crippen LogP contribution < -0.4 is 0 Å². The molecule has 8 aromatic carbocycles. The van der Waals surface area contributed by atoms with Crippen LogP contribution in [0.3, 0.4) is 0 Å². The molecule has 52 heavy (non-hydrogen) atoms. The molecule has 0 aliphatic heterocycles. The number of nitrogens with zero attached hydrogens (tertiary/aromatic N) is 4. The van der Waals surface area contributed by atoms with Crippen LogP contribution in [0.1, 0.15) is 0 Å². The Labute approximate surface area is 302 Å². The highest BCUT2D eigenvalue weighted by Crippen LogP contribution is 2.47. The van der Waals surface area contributed by atoms with Crippen molar-refractivity contribution in [1.82, 2.24) is 19.5 Å². The third-order valence-corrected chi connectivity index (χ3v) is 11.4. The summed E-state index contributed by atoms with van der Waals surface area (Å²) in [6.45, 7) is 0. The van der Waals surface area contributed by atoms with E-state index < -0.39 is 0 Å². The lowest BCUT2D eigenvalue weighted by Crippen LogP contribution is -2.00. The molecule has 0 aliphatic carbocycles. The minimum Gasteiger partial charge on any atom is -0.309 e. The van der Waals surface area contributed by atoms with Crippen molar-refractivity contribution in [2.75, 3.05) is 0 Å². The van der Waals surface area contributed by atoms with E-state index in [2.05, 4.69) is 114 Å². The fourth-order valence-electron chi connectivity index (χ4n) is 7.94. The first-order chi connectivity index (χ1) is 25.8. The second-order valence-electron chi connectivity index (χ2n) is 13.2. The van der Waals surface area contributed by atoms with E-state index in [1.807, 2.05) is 72.0 Å². The Morgan fingerprint density at radius 3 is 1.48 bits per heavy atom. The van der Waals surface area contributed by atoms with Gasteiger partial charge < -0.3 is 4.57 Å². The molecule has 0 radical (unpaired) electrons. The van der Waals surface area contributed by atoms with Gasteiger partial charge in [-0.05, 0) is 58.6 Å². The van der Waals surface area contributed by atoms with Crippen molar-refractivity contribution >= 4 is 74.9 Å². The summed E-state index contributed by atoms with van der Waals surface area (Å²) < 4.78 is 5.08. The van der Waals surface area contributed by atoms with Crippen LogP contribution in [0.4, 0.5) is 0 Å². The fourth-order valence-corrected chi connectivity index (χ4v) is 9.05. The maximum absolute atomic E-state index is 5.00. The molecule has 0 fully saturated rings. The summed E-state index contributed by atoms with van der Waals surface area (Å²) in [4.78, 5) is 14.9. The van der Waals surface area contributed by atoms with E-state index in [-0.39, 0.29) is 0 Å². The molecule has 0 spiro atoms. The molecule has 3 heterocycles. The predicted molar refractivity (Wildman–Crippen MR) is 218 cm³/mol. The lowest BCUT2D eigenvalue weighted by molar-refractivity contribution is 1.07. The minimum absolute atomic E-state index is 0.643. The summed E-state index contributed by atoms with van der Waals surface area (Å²) in [6.07, 6.45) is 0. The summed E-state index contributed by atoms with van der Waals surface area (Å²) in [6, 6.07) is 60.1. The molecular formula is C47H28N4S. The minimum atomic E-state index is 0.643. The van der Waals surface area contributed by atoms with E-state index in [9.17, 15) is 0 Å². The zero-order valence-corrected chi connectivity index (χ0v) is 28.7. The number of thiophene rings is 1. The van der Waals surface area contributed by atoms with Crippen molar-refractivity contribution in [3.8, 4) is 39.9 Å². The number of aromatic nitrogens is 4. The van der Waals surface area contributed by atoms with Gasteiger partial charge in [0.1, 0.15) is 0 Å². The highest BCUT2D eigenvalue weighted by atomic mass is 32.1. The average molecular weight is 681 g/mol. The standard InChI is InChI=1S/C47H28N4S/c1-3-13-29(14-4-1)45-48-46(30-15-5-2-6-16-30)50-47(49-45)31-23-25-32(26-24-31)51-38-27-28-40-41(37-21-11-12-22-39(37)52-40)43(38)42-35-19-9-7-17-33(35)34-18-8-10-20-36(34)44(42)51/h1-28H. The SMILES string of the molecule is c1ccc(-c2nc(-c3ccccc3)nc(-c3ccc(-n4c5ccc6sc7ccccc7c6c5c5c6ccccc6c6ccccc6c54)cc3)n2)cc1. The Kier molecular flexibility index (Phi) is 6.39. The van der Waals surface area contributed by atoms with Gasteiger partial charge in [-0.25, -0.2) is 15.0 Å². The van der Waals surface area contributed by atoms with Gasteiger partial charge in [-0.3, -0.25) is 0 Å². The lowest BCUT2D eigenvalue weighted by Gasteiger charge is -2.13. The molecule has 3 aromatic heterocycles. The zero-order valence-electron chi connectivity index (χ0n) is 27.9. The quantitative estimate of drug-likeness (QED) is 0.174. The molecule has 242 valence electrons. The molecule has 11 rings (SSSR count). The molecular weight excluding hydrogens is 653 g/mol. The Balaban J connectivity index is 1.19. The molecule has 0 atom stereocenters. The molecule has 0 amide bonds. The monoisotopic (exact) mass is 680 g/mol. The van der Waals surface area contributed by atoms with Crippen LogP contribution in [0.5, 0.6) is 0 Å². The Bertz CT molecular complexity index is 3100. The number of rotatable bonds is 4. The molecule has 0 saturated heterocycles. The van der Waals surface area contributed by atoms with Crippen LogP contribution in [0.15, 0.2) is 170 Å². The van der Waals surface area contributed by atoms with Gasteiger partial charge >= 0.3 is 0 Å². The Hall–Kier alpha value is -6.69. The van der Waals surface area contributed by atoms with Gasteiger partial charge in [-0.15, -0.1) is 11.3 Å². The number of fused-ring (bicyclic) bond motifs is 12. The van der Waals surface area contributed by atoms with Crippen LogP contribution in [0.2, 0.25) is 0 Å². The third-order valence-electron chi connectivity index (χ3n) is 10.2. The summed E-state index contributed by atoms with van der Waals surface area (Å²) in [5.74, 6) is 1.95. The fraction of sp³-hybridized carbons (Fsp3) is 0. The van der Waals surface area contributed by atoms with Crippen molar-refractivity contribution in [2.24, 2.45) is 0 Å². The van der Waals surface area contributed by atoms with Gasteiger partial charge in [0.05, 0.1) is 11.0 Å². The second kappa shape index (κ2) is 11.4. The van der Waals surface area contributed by atoms with E-state index in [0.29, 0.717) is 17.5 Å². The number of benzene rings is 8. The molecule has 0 aliphatic rings. The van der Waals surface area contributed by atoms with Gasteiger partial charge in [0.2, 0.25) is 0 Å². The number of hydrogen-bond donors (Lipinski definition) is 0. The van der Waals surface area contributed by atoms with Crippen molar-refractivity contribution in [1.29, 1.82) is 0 Å². The van der Waals surface area contributed by atoms with Crippen LogP contribution in [-0.2, 0) is 0 Å². The van der Waals surface area contributed by atoms with Crippen LogP contribution in [-0.4, -0.2) is 19.5 Å². The van der Waals surface area contributed by atoms with Crippen LogP contribution in [0, 0.1) is 0 Å². The van der Waals surface area contributed by atoms with Crippen molar-refractivity contribution in [3.05, 3.63) is 170 Å². The van der Waals surface area contributed by atoms with E-state index in [1.54, 1.807) is 0 Å². The van der Waals surface area contributed by atoms with Gasteiger partial charge in [0.15, 0.2) is 17.5 Å². The lowest BCUT2D eigenvalue weighted by atomic mass is 9.95. The normalized spacial score (nSPS) is 11.8. The smallest absolute Gasteiger partial charge is 0.164 e. The van der Waals surface area contributed by atoms with Crippen LogP contribution >= 0.6 is 11.3 Å². The predicted octanol–water partition coefficient (Wildman–Crippen LogP) is 12.6. The zero-order chi connectivity index (χ0) is 34.2. The third kappa shape index (κ3) is 4.36. The molecule has 0 bridgehead atoms. The van der Waals surface area contributed by atoms with Gasteiger partial charge in [0.25, 0.3) is 0 Å². The molecule has 5 heteroatoms. The van der Waals surface area contributed by atoms with Crippen LogP contribution in [0.25, 0.3) is 103 Å². The molecule has 11 aromatic rings. The highest BCUT2D eigenvalue weighted by molar-refractivity contribution is 7.26. The van der Waals surface area contributed by atoms with Gasteiger partial charge in [-0.2, -0.15) is 0 Å². The maximum Gasteiger partial charge on any atom is 0.164 e. The summed E-state index contributed by atoms with van der Waals surface area (Å²) >= 11 is 1.87. The first-order valence-corrected chi connectivity index (χ1v) is 18.3. The Morgan fingerprint density at radius 2 is 0.846 bits per heavy atom. The summed E-state index contributed by atoms with van der Waals surface area (Å²) in [7, 11) is 0. The van der Waals surface area contributed by atoms with E-state index in [4.69, 9.17) is 15.0 Å². The maximum atomic E-state index is 5.00. The van der Waals surface area contributed by atoms with E-state index >= 15 is 0 Å². The highest BCUT2D eigenvalue weighted by Gasteiger charge is 2.22. The topological polar surface area (TPSA) is 43.6 Å². The van der Waals surface area contributed by atoms with Gasteiger partial charge in [0, 0.05) is 58.7 Å². The van der Waals surface area contributed by atoms with E-state index in [0.717, 1.165) is 22.4 Å². The van der Waals surface area contributed by atoms with E-state index in [1.165, 1.54) is 63.5 Å². The molecule has 0 saturated carbocycles. The Morgan fingerprint density at radius 1 is 0.346 bits per heavy atom. The first kappa shape index (κ1) is 29.1. The summed E-state index contributed by atoms with van der Waals surface area (Å²) in [5, 5.41) is 10.3. The largest absolute Gasteiger partial charge is 0.309 e. The molecule has 0 N–H and O–H groups in total. The average Bonchev–Trinajstić information content (AvgIpc) is 3.78. The number of hydrogen-bond acceptors (Lipinski definition) is 4. The summed E-state index contributed by atoms with van der Waals surface area (Å²) in [5.41, 5.74) is 6.34. The van der Waals surface area contributed by atoms with Crippen molar-refractivity contribution < 1.29 is 0 Å². The molecule has 4 nitrogen and oxygen atoms in total. The van der Waals surface area contributed by atoms with Gasteiger partial charge in [-0.1, -0.05) is 127 Å².